The zero-order valence-electron chi connectivity index (χ0n) is 15.0. The van der Waals surface area contributed by atoms with Crippen molar-refractivity contribution in [1.82, 2.24) is 9.29 Å². The van der Waals surface area contributed by atoms with Gasteiger partial charge < -0.3 is 0 Å². The number of pyridine rings is 1. The van der Waals surface area contributed by atoms with E-state index in [1.807, 2.05) is 6.92 Å². The van der Waals surface area contributed by atoms with E-state index in [1.165, 1.54) is 22.3 Å². The molecule has 2 aromatic rings. The van der Waals surface area contributed by atoms with Gasteiger partial charge >= 0.3 is 0 Å². The van der Waals surface area contributed by atoms with E-state index in [1.54, 1.807) is 36.4 Å². The van der Waals surface area contributed by atoms with Crippen LogP contribution in [0, 0.1) is 0 Å². The minimum Gasteiger partial charge on any atom is -0.293 e. The van der Waals surface area contributed by atoms with Crippen molar-refractivity contribution in [1.29, 1.82) is 0 Å². The molecule has 1 aromatic heterocycles. The predicted molar refractivity (Wildman–Crippen MR) is 108 cm³/mol. The number of aromatic nitrogens is 1. The summed E-state index contributed by atoms with van der Waals surface area (Å²) in [5, 5.41) is 0.852. The molecule has 1 aliphatic rings. The molecule has 0 amide bonds. The van der Waals surface area contributed by atoms with Crippen LogP contribution in [-0.4, -0.2) is 41.8 Å². The van der Waals surface area contributed by atoms with E-state index in [4.69, 9.17) is 11.6 Å². The zero-order valence-corrected chi connectivity index (χ0v) is 17.4. The Hall–Kier alpha value is -1.41. The zero-order chi connectivity index (χ0) is 19.4. The summed E-state index contributed by atoms with van der Waals surface area (Å²) in [5.74, 6) is -0.0246. The molecular weight excluding hydrogens is 404 g/mol. The molecule has 0 spiro atoms. The number of halogens is 1. The smallest absolute Gasteiger partial charge is 0.244 e. The highest BCUT2D eigenvalue weighted by molar-refractivity contribution is 8.00. The van der Waals surface area contributed by atoms with Crippen molar-refractivity contribution < 1.29 is 13.2 Å². The van der Waals surface area contributed by atoms with Gasteiger partial charge in [-0.1, -0.05) is 29.8 Å². The Morgan fingerprint density at radius 1 is 1.11 bits per heavy atom. The molecule has 0 radical (unpaired) electrons. The molecule has 1 saturated heterocycles. The highest BCUT2D eigenvalue weighted by atomic mass is 35.5. The van der Waals surface area contributed by atoms with Gasteiger partial charge in [-0.15, -0.1) is 0 Å². The summed E-state index contributed by atoms with van der Waals surface area (Å²) in [6.07, 6.45) is 4.24. The van der Waals surface area contributed by atoms with E-state index in [0.717, 1.165) is 19.3 Å². The number of hydrogen-bond acceptors (Lipinski definition) is 5. The summed E-state index contributed by atoms with van der Waals surface area (Å²) in [6, 6.07) is 9.99. The fourth-order valence-electron chi connectivity index (χ4n) is 2.93. The second kappa shape index (κ2) is 8.73. The minimum atomic E-state index is -3.49. The second-order valence-corrected chi connectivity index (χ2v) is 10.2. The average Bonchev–Trinajstić information content (AvgIpc) is 2.69. The quantitative estimate of drug-likeness (QED) is 0.511. The van der Waals surface area contributed by atoms with Crippen LogP contribution in [0.15, 0.2) is 52.5 Å². The van der Waals surface area contributed by atoms with Gasteiger partial charge in [0, 0.05) is 29.9 Å². The van der Waals surface area contributed by atoms with E-state index < -0.39 is 10.0 Å². The first-order chi connectivity index (χ1) is 12.9. The molecule has 144 valence electrons. The number of ketones is 1. The normalized spacial score (nSPS) is 16.8. The van der Waals surface area contributed by atoms with Crippen LogP contribution in [0.5, 0.6) is 0 Å². The van der Waals surface area contributed by atoms with Crippen molar-refractivity contribution in [3.8, 4) is 0 Å². The lowest BCUT2D eigenvalue weighted by Gasteiger charge is -2.25. The predicted octanol–water partition coefficient (Wildman–Crippen LogP) is 4.27. The molecule has 8 heteroatoms. The van der Waals surface area contributed by atoms with E-state index in [-0.39, 0.29) is 15.9 Å². The third kappa shape index (κ3) is 4.90. The highest BCUT2D eigenvalue weighted by Gasteiger charge is 2.26. The molecular formula is C19H21ClN2O3S2. The van der Waals surface area contributed by atoms with Gasteiger partial charge in [0.15, 0.2) is 5.78 Å². The minimum absolute atomic E-state index is 0.0246. The second-order valence-electron chi connectivity index (χ2n) is 6.43. The number of Topliss-reactive ketones (excluding diaryl/α,β-unsaturated/α-hetero) is 1. The Kier molecular flexibility index (Phi) is 6.57. The molecule has 0 saturated carbocycles. The summed E-state index contributed by atoms with van der Waals surface area (Å²) in [7, 11) is -3.49. The average molecular weight is 425 g/mol. The first-order valence-corrected chi connectivity index (χ1v) is 11.5. The van der Waals surface area contributed by atoms with Crippen LogP contribution in [0.3, 0.4) is 0 Å². The molecule has 0 N–H and O–H groups in total. The molecule has 0 aliphatic carbocycles. The summed E-state index contributed by atoms with van der Waals surface area (Å²) in [6.45, 7) is 2.93. The summed E-state index contributed by atoms with van der Waals surface area (Å²) >= 11 is 7.16. The lowest BCUT2D eigenvalue weighted by atomic mass is 10.1. The van der Waals surface area contributed by atoms with Gasteiger partial charge in [-0.25, -0.2) is 13.4 Å². The van der Waals surface area contributed by atoms with E-state index in [9.17, 15) is 13.2 Å². The van der Waals surface area contributed by atoms with Gasteiger partial charge in [-0.3, -0.25) is 4.79 Å². The van der Waals surface area contributed by atoms with Gasteiger partial charge in [0.1, 0.15) is 4.90 Å². The highest BCUT2D eigenvalue weighted by Crippen LogP contribution is 2.26. The number of sulfonamides is 1. The topological polar surface area (TPSA) is 67.3 Å². The van der Waals surface area contributed by atoms with E-state index >= 15 is 0 Å². The number of carbonyl (C=O) groups excluding carboxylic acids is 1. The first-order valence-electron chi connectivity index (χ1n) is 8.80. The molecule has 27 heavy (non-hydrogen) atoms. The molecule has 0 bridgehead atoms. The Morgan fingerprint density at radius 3 is 2.37 bits per heavy atom. The van der Waals surface area contributed by atoms with Gasteiger partial charge in [-0.2, -0.15) is 4.31 Å². The number of piperidine rings is 1. The lowest BCUT2D eigenvalue weighted by molar-refractivity contribution is 0.0994. The van der Waals surface area contributed by atoms with Crippen LogP contribution < -0.4 is 0 Å². The van der Waals surface area contributed by atoms with Crippen LogP contribution in [-0.2, 0) is 10.0 Å². The van der Waals surface area contributed by atoms with Crippen LogP contribution in [0.4, 0.5) is 0 Å². The van der Waals surface area contributed by atoms with Crippen molar-refractivity contribution in [3.05, 3.63) is 53.2 Å². The Bertz CT molecular complexity index is 894. The van der Waals surface area contributed by atoms with Gasteiger partial charge in [-0.05, 0) is 56.2 Å². The van der Waals surface area contributed by atoms with Gasteiger partial charge in [0.05, 0.1) is 10.3 Å². The van der Waals surface area contributed by atoms with Crippen molar-refractivity contribution in [2.45, 2.75) is 41.4 Å². The molecule has 1 atom stereocenters. The number of benzene rings is 1. The third-order valence-electron chi connectivity index (χ3n) is 4.46. The number of rotatable bonds is 6. The summed E-state index contributed by atoms with van der Waals surface area (Å²) < 4.78 is 26.8. The standard InChI is InChI=1S/C19H21ClN2O3S2/c1-14(19(23)15-5-7-16(20)8-6-15)26-18-10-9-17(13-21-18)27(24,25)22-11-3-2-4-12-22/h5-10,13-14H,2-4,11-12H2,1H3/t14-/m1/s1. The maximum Gasteiger partial charge on any atom is 0.244 e. The molecule has 2 heterocycles. The number of carbonyl (C=O) groups is 1. The van der Waals surface area contributed by atoms with Crippen LogP contribution in [0.25, 0.3) is 0 Å². The number of hydrogen-bond donors (Lipinski definition) is 0. The Morgan fingerprint density at radius 2 is 1.78 bits per heavy atom. The monoisotopic (exact) mass is 424 g/mol. The lowest BCUT2D eigenvalue weighted by Crippen LogP contribution is -2.35. The van der Waals surface area contributed by atoms with Crippen molar-refractivity contribution >= 4 is 39.2 Å². The van der Waals surface area contributed by atoms with Crippen LogP contribution in [0.2, 0.25) is 5.02 Å². The largest absolute Gasteiger partial charge is 0.293 e. The molecule has 1 aliphatic heterocycles. The molecule has 1 fully saturated rings. The summed E-state index contributed by atoms with van der Waals surface area (Å²) in [4.78, 5) is 17.0. The first kappa shape index (κ1) is 20.3. The molecule has 3 rings (SSSR count). The van der Waals surface area contributed by atoms with Gasteiger partial charge in [0.2, 0.25) is 10.0 Å². The third-order valence-corrected chi connectivity index (χ3v) is 7.64. The van der Waals surface area contributed by atoms with Crippen molar-refractivity contribution in [2.75, 3.05) is 13.1 Å². The maximum atomic E-state index is 12.7. The SMILES string of the molecule is C[C@@H](Sc1ccc(S(=O)(=O)N2CCCCC2)cn1)C(=O)c1ccc(Cl)cc1. The van der Waals surface area contributed by atoms with Crippen LogP contribution in [0.1, 0.15) is 36.5 Å². The van der Waals surface area contributed by atoms with Gasteiger partial charge in [0.25, 0.3) is 0 Å². The molecule has 1 aromatic carbocycles. The fourth-order valence-corrected chi connectivity index (χ4v) is 5.38. The van der Waals surface area contributed by atoms with Crippen molar-refractivity contribution in [3.63, 3.8) is 0 Å². The maximum absolute atomic E-state index is 12.7. The number of nitrogens with zero attached hydrogens (tertiary/aromatic N) is 2. The summed E-state index contributed by atoms with van der Waals surface area (Å²) in [5.41, 5.74) is 0.587. The fraction of sp³-hybridized carbons (Fsp3) is 0.368. The Balaban J connectivity index is 1.68. The molecule has 0 unspecified atom stereocenters. The number of thioether (sulfide) groups is 1. The Labute approximate surface area is 169 Å². The van der Waals surface area contributed by atoms with E-state index in [0.29, 0.717) is 28.7 Å². The molecule has 5 nitrogen and oxygen atoms in total. The van der Waals surface area contributed by atoms with Crippen molar-refractivity contribution in [2.24, 2.45) is 0 Å². The van der Waals surface area contributed by atoms with Crippen LogP contribution >= 0.6 is 23.4 Å². The van der Waals surface area contributed by atoms with E-state index in [2.05, 4.69) is 4.98 Å².